The van der Waals surface area contributed by atoms with Gasteiger partial charge in [-0.25, -0.2) is 0 Å². The molecule has 1 spiro atoms. The van der Waals surface area contributed by atoms with Gasteiger partial charge in [-0.3, -0.25) is 4.79 Å². The van der Waals surface area contributed by atoms with Crippen molar-refractivity contribution in [1.29, 1.82) is 0 Å². The van der Waals surface area contributed by atoms with Gasteiger partial charge in [-0.05, 0) is 36.8 Å². The average molecular weight is 340 g/mol. The van der Waals surface area contributed by atoms with Crippen LogP contribution in [0.25, 0.3) is 6.08 Å². The van der Waals surface area contributed by atoms with E-state index in [1.54, 1.807) is 0 Å². The van der Waals surface area contributed by atoms with E-state index in [-0.39, 0.29) is 11.8 Å². The van der Waals surface area contributed by atoms with Crippen molar-refractivity contribution in [3.05, 3.63) is 95.3 Å². The lowest BCUT2D eigenvalue weighted by atomic mass is 9.72. The lowest BCUT2D eigenvalue weighted by molar-refractivity contribution is -0.124. The number of hydrogen-bond acceptors (Lipinski definition) is 1. The van der Waals surface area contributed by atoms with Crippen LogP contribution in [0, 0.1) is 6.92 Å². The number of aromatic nitrogens is 1. The number of allylic oxidation sites excluding steroid dienone is 1. The van der Waals surface area contributed by atoms with Gasteiger partial charge in [-0.2, -0.15) is 0 Å². The topological polar surface area (TPSA) is 25.2 Å². The highest BCUT2D eigenvalue weighted by atomic mass is 16.2. The fraction of sp³-hybridized carbons (Fsp3) is 0.174. The number of nitrogens with zero attached hydrogens (tertiary/aromatic N) is 2. The number of hydrogen-bond donors (Lipinski definition) is 0. The second-order valence-corrected chi connectivity index (χ2v) is 7.20. The van der Waals surface area contributed by atoms with Crippen LogP contribution < -0.4 is 4.90 Å². The van der Waals surface area contributed by atoms with Crippen molar-refractivity contribution in [2.75, 3.05) is 11.9 Å². The minimum absolute atomic E-state index is 0.0541. The van der Waals surface area contributed by atoms with Crippen molar-refractivity contribution in [2.45, 2.75) is 18.4 Å². The Morgan fingerprint density at radius 1 is 1.00 bits per heavy atom. The lowest BCUT2D eigenvalue weighted by Crippen LogP contribution is -2.50. The van der Waals surface area contributed by atoms with Gasteiger partial charge in [0.15, 0.2) is 5.54 Å². The van der Waals surface area contributed by atoms with Crippen LogP contribution in [0.15, 0.2) is 72.9 Å². The van der Waals surface area contributed by atoms with Gasteiger partial charge in [-0.15, -0.1) is 0 Å². The molecule has 0 aliphatic carbocycles. The SMILES string of the molecule is Cc1ccc2c(c1)[C@@]1(C(=O)N2C)[C@H](c2ccccc2)C=Cc2cccn21. The molecule has 26 heavy (non-hydrogen) atoms. The molecule has 2 aliphatic rings. The Labute approximate surface area is 153 Å². The molecule has 2 aromatic carbocycles. The zero-order valence-corrected chi connectivity index (χ0v) is 14.9. The molecule has 128 valence electrons. The summed E-state index contributed by atoms with van der Waals surface area (Å²) in [4.78, 5) is 15.6. The minimum atomic E-state index is -0.773. The smallest absolute Gasteiger partial charge is 0.258 e. The molecule has 0 saturated carbocycles. The van der Waals surface area contributed by atoms with Crippen LogP contribution in [0.2, 0.25) is 0 Å². The molecule has 1 amide bonds. The van der Waals surface area contributed by atoms with Crippen LogP contribution in [-0.4, -0.2) is 17.5 Å². The zero-order chi connectivity index (χ0) is 17.9. The molecule has 3 heteroatoms. The van der Waals surface area contributed by atoms with E-state index >= 15 is 0 Å². The predicted molar refractivity (Wildman–Crippen MR) is 104 cm³/mol. The third kappa shape index (κ3) is 1.75. The Bertz CT molecular complexity index is 1050. The Balaban J connectivity index is 1.88. The van der Waals surface area contributed by atoms with E-state index in [1.165, 1.54) is 5.56 Å². The Morgan fingerprint density at radius 2 is 1.81 bits per heavy atom. The first-order valence-corrected chi connectivity index (χ1v) is 8.94. The second kappa shape index (κ2) is 5.21. The summed E-state index contributed by atoms with van der Waals surface area (Å²) in [5.74, 6) is 0.0651. The van der Waals surface area contributed by atoms with Crippen LogP contribution in [0.4, 0.5) is 5.69 Å². The van der Waals surface area contributed by atoms with E-state index in [1.807, 2.05) is 42.4 Å². The monoisotopic (exact) mass is 340 g/mol. The number of carbonyl (C=O) groups is 1. The third-order valence-corrected chi connectivity index (χ3v) is 5.78. The van der Waals surface area contributed by atoms with E-state index in [9.17, 15) is 4.79 Å². The van der Waals surface area contributed by atoms with Gasteiger partial charge in [0.2, 0.25) is 0 Å². The van der Waals surface area contributed by atoms with E-state index in [2.05, 4.69) is 60.0 Å². The number of amides is 1. The first-order chi connectivity index (χ1) is 12.6. The summed E-state index contributed by atoms with van der Waals surface area (Å²) in [6.45, 7) is 2.09. The first kappa shape index (κ1) is 15.2. The molecule has 2 atom stereocenters. The molecule has 5 rings (SSSR count). The van der Waals surface area contributed by atoms with Crippen LogP contribution in [-0.2, 0) is 10.3 Å². The molecule has 0 saturated heterocycles. The standard InChI is InChI=1S/C23H20N2O/c1-16-10-13-21-20(15-16)23(22(26)24(21)2)19(17-7-4-3-5-8-17)12-11-18-9-6-14-25(18)23/h3-15,19H,1-2H3/t19-,23+/m0/s1. The van der Waals surface area contributed by atoms with Crippen molar-refractivity contribution in [2.24, 2.45) is 0 Å². The molecule has 3 heterocycles. The highest BCUT2D eigenvalue weighted by molar-refractivity contribution is 6.09. The minimum Gasteiger partial charge on any atom is -0.328 e. The molecule has 3 aromatic rings. The van der Waals surface area contributed by atoms with Gasteiger partial charge in [0.05, 0.1) is 0 Å². The Morgan fingerprint density at radius 3 is 2.62 bits per heavy atom. The third-order valence-electron chi connectivity index (χ3n) is 5.78. The maximum atomic E-state index is 13.8. The van der Waals surface area contributed by atoms with Gasteiger partial charge in [0.1, 0.15) is 0 Å². The molecular formula is C23H20N2O. The number of anilines is 1. The summed E-state index contributed by atoms with van der Waals surface area (Å²) in [5.41, 5.74) is 4.69. The molecule has 1 aromatic heterocycles. The lowest BCUT2D eigenvalue weighted by Gasteiger charge is -2.40. The number of likely N-dealkylation sites (N-methyl/N-ethyl adjacent to an activating group) is 1. The van der Waals surface area contributed by atoms with Crippen LogP contribution >= 0.6 is 0 Å². The predicted octanol–water partition coefficient (Wildman–Crippen LogP) is 4.33. The number of fused-ring (bicyclic) bond motifs is 4. The molecule has 0 N–H and O–H groups in total. The highest BCUT2D eigenvalue weighted by Crippen LogP contribution is 2.53. The van der Waals surface area contributed by atoms with Crippen LogP contribution in [0.3, 0.4) is 0 Å². The van der Waals surface area contributed by atoms with Gasteiger partial charge < -0.3 is 9.47 Å². The van der Waals surface area contributed by atoms with Gasteiger partial charge in [0.25, 0.3) is 5.91 Å². The van der Waals surface area contributed by atoms with Crippen molar-refractivity contribution >= 4 is 17.7 Å². The molecule has 0 fully saturated rings. The second-order valence-electron chi connectivity index (χ2n) is 7.20. The number of carbonyl (C=O) groups excluding carboxylic acids is 1. The van der Waals surface area contributed by atoms with Gasteiger partial charge in [0, 0.05) is 36.1 Å². The van der Waals surface area contributed by atoms with Crippen molar-refractivity contribution in [3.8, 4) is 0 Å². The quantitative estimate of drug-likeness (QED) is 0.647. The van der Waals surface area contributed by atoms with Crippen LogP contribution in [0.5, 0.6) is 0 Å². The van der Waals surface area contributed by atoms with E-state index in [4.69, 9.17) is 0 Å². The van der Waals surface area contributed by atoms with Crippen molar-refractivity contribution < 1.29 is 4.79 Å². The fourth-order valence-corrected chi connectivity index (χ4v) is 4.61. The number of aryl methyl sites for hydroxylation is 1. The zero-order valence-electron chi connectivity index (χ0n) is 14.9. The highest BCUT2D eigenvalue weighted by Gasteiger charge is 2.57. The molecule has 0 unspecified atom stereocenters. The Hall–Kier alpha value is -3.07. The van der Waals surface area contributed by atoms with E-state index in [0.717, 1.165) is 22.5 Å². The summed E-state index contributed by atoms with van der Waals surface area (Å²) in [6, 6.07) is 20.8. The summed E-state index contributed by atoms with van der Waals surface area (Å²) in [7, 11) is 1.88. The molecule has 0 radical (unpaired) electrons. The van der Waals surface area contributed by atoms with E-state index in [0.29, 0.717) is 0 Å². The van der Waals surface area contributed by atoms with Crippen molar-refractivity contribution in [3.63, 3.8) is 0 Å². The maximum absolute atomic E-state index is 13.8. The summed E-state index contributed by atoms with van der Waals surface area (Å²) in [5, 5.41) is 0. The van der Waals surface area contributed by atoms with Crippen molar-refractivity contribution in [1.82, 2.24) is 4.57 Å². The normalized spacial score (nSPS) is 23.4. The van der Waals surface area contributed by atoms with Gasteiger partial charge >= 0.3 is 0 Å². The Kier molecular flexibility index (Phi) is 3.05. The summed E-state index contributed by atoms with van der Waals surface area (Å²) >= 11 is 0. The molecular weight excluding hydrogens is 320 g/mol. The number of benzene rings is 2. The largest absolute Gasteiger partial charge is 0.328 e. The van der Waals surface area contributed by atoms with E-state index < -0.39 is 5.54 Å². The molecule has 3 nitrogen and oxygen atoms in total. The number of rotatable bonds is 1. The summed E-state index contributed by atoms with van der Waals surface area (Å²) < 4.78 is 2.16. The fourth-order valence-electron chi connectivity index (χ4n) is 4.61. The maximum Gasteiger partial charge on any atom is 0.258 e. The summed E-state index contributed by atoms with van der Waals surface area (Å²) in [6.07, 6.45) is 6.36. The van der Waals surface area contributed by atoms with Gasteiger partial charge in [-0.1, -0.05) is 54.1 Å². The first-order valence-electron chi connectivity index (χ1n) is 8.94. The average Bonchev–Trinajstić information content (AvgIpc) is 3.22. The molecule has 2 aliphatic heterocycles. The van der Waals surface area contributed by atoms with Crippen LogP contribution in [0.1, 0.15) is 28.3 Å². The molecule has 0 bridgehead atoms.